The number of hydrogen-bond donors (Lipinski definition) is 1. The molecule has 0 saturated heterocycles. The molecule has 0 radical (unpaired) electrons. The molecule has 2 aromatic rings. The van der Waals surface area contributed by atoms with E-state index in [4.69, 9.17) is 15.7 Å². The number of nitrogens with two attached hydrogens (primary N) is 1. The van der Waals surface area contributed by atoms with Crippen LogP contribution in [0.15, 0.2) is 46.9 Å². The van der Waals surface area contributed by atoms with E-state index >= 15 is 0 Å². The lowest BCUT2D eigenvalue weighted by atomic mass is 10.2. The fraction of sp³-hybridized carbons (Fsp3) is 0. The van der Waals surface area contributed by atoms with E-state index in [1.807, 2.05) is 6.07 Å². The van der Waals surface area contributed by atoms with Crippen molar-refractivity contribution in [1.82, 2.24) is 0 Å². The lowest BCUT2D eigenvalue weighted by Gasteiger charge is -2.09. The molecule has 94 valence electrons. The van der Waals surface area contributed by atoms with Crippen LogP contribution in [0, 0.1) is 11.3 Å². The molecule has 5 heteroatoms. The summed E-state index contributed by atoms with van der Waals surface area (Å²) < 4.78 is 6.33. The molecule has 4 nitrogen and oxygen atoms in total. The maximum absolute atomic E-state index is 11.3. The number of halogens is 1. The van der Waals surface area contributed by atoms with Gasteiger partial charge in [-0.15, -0.1) is 0 Å². The molecule has 19 heavy (non-hydrogen) atoms. The van der Waals surface area contributed by atoms with Gasteiger partial charge in [0.25, 0.3) is 5.91 Å². The Morgan fingerprint density at radius 1 is 1.26 bits per heavy atom. The molecule has 0 atom stereocenters. The summed E-state index contributed by atoms with van der Waals surface area (Å²) in [5.41, 5.74) is 6.03. The summed E-state index contributed by atoms with van der Waals surface area (Å²) in [4.78, 5) is 11.3. The highest BCUT2D eigenvalue weighted by atomic mass is 79.9. The standard InChI is InChI=1S/C14H9BrN2O2/c15-10-5-9(8-16)6-11(7-10)19-13-4-2-1-3-12(13)14(17)18/h1-7H,(H2,17,18). The van der Waals surface area contributed by atoms with Gasteiger partial charge in [0.2, 0.25) is 0 Å². The van der Waals surface area contributed by atoms with Crippen molar-refractivity contribution in [3.63, 3.8) is 0 Å². The first-order valence-corrected chi connectivity index (χ1v) is 6.17. The summed E-state index contributed by atoms with van der Waals surface area (Å²) in [7, 11) is 0. The molecule has 2 aromatic carbocycles. The monoisotopic (exact) mass is 316 g/mol. The van der Waals surface area contributed by atoms with Crippen molar-refractivity contribution in [2.45, 2.75) is 0 Å². The van der Waals surface area contributed by atoms with Crippen LogP contribution >= 0.6 is 15.9 Å². The number of rotatable bonds is 3. The Morgan fingerprint density at radius 2 is 2.00 bits per heavy atom. The summed E-state index contributed by atoms with van der Waals surface area (Å²) in [6, 6.07) is 13.7. The van der Waals surface area contributed by atoms with Gasteiger partial charge in [-0.05, 0) is 30.3 Å². The topological polar surface area (TPSA) is 76.1 Å². The SMILES string of the molecule is N#Cc1cc(Br)cc(Oc2ccccc2C(N)=O)c1. The molecule has 0 saturated carbocycles. The number of nitriles is 1. The fourth-order valence-corrected chi connectivity index (χ4v) is 2.04. The number of carbonyl (C=O) groups excluding carboxylic acids is 1. The van der Waals surface area contributed by atoms with Crippen LogP contribution in [0.4, 0.5) is 0 Å². The number of hydrogen-bond acceptors (Lipinski definition) is 3. The molecular formula is C14H9BrN2O2. The van der Waals surface area contributed by atoms with Crippen molar-refractivity contribution >= 4 is 21.8 Å². The molecule has 2 rings (SSSR count). The number of para-hydroxylation sites is 1. The number of nitrogens with zero attached hydrogens (tertiary/aromatic N) is 1. The van der Waals surface area contributed by atoms with E-state index < -0.39 is 5.91 Å². The van der Waals surface area contributed by atoms with Gasteiger partial charge < -0.3 is 10.5 Å². The molecule has 0 aliphatic rings. The Bertz CT molecular complexity index is 677. The zero-order valence-corrected chi connectivity index (χ0v) is 11.3. The number of benzene rings is 2. The molecule has 0 unspecified atom stereocenters. The van der Waals surface area contributed by atoms with E-state index in [1.165, 1.54) is 0 Å². The lowest BCUT2D eigenvalue weighted by Crippen LogP contribution is -2.11. The van der Waals surface area contributed by atoms with Gasteiger partial charge in [-0.2, -0.15) is 5.26 Å². The average molecular weight is 317 g/mol. The summed E-state index contributed by atoms with van der Waals surface area (Å²) >= 11 is 3.29. The molecule has 0 bridgehead atoms. The zero-order chi connectivity index (χ0) is 13.8. The molecule has 0 aliphatic heterocycles. The summed E-state index contributed by atoms with van der Waals surface area (Å²) in [5, 5.41) is 8.89. The Morgan fingerprint density at radius 3 is 2.68 bits per heavy atom. The second-order valence-corrected chi connectivity index (χ2v) is 4.67. The first-order chi connectivity index (χ1) is 9.10. The van der Waals surface area contributed by atoms with E-state index in [0.717, 1.165) is 4.47 Å². The van der Waals surface area contributed by atoms with Crippen LogP contribution in [0.3, 0.4) is 0 Å². The third-order valence-electron chi connectivity index (χ3n) is 2.38. The molecule has 0 fully saturated rings. The van der Waals surface area contributed by atoms with Gasteiger partial charge in [-0.25, -0.2) is 0 Å². The van der Waals surface area contributed by atoms with Crippen molar-refractivity contribution < 1.29 is 9.53 Å². The van der Waals surface area contributed by atoms with Crippen LogP contribution in [0.25, 0.3) is 0 Å². The van der Waals surface area contributed by atoms with Crippen molar-refractivity contribution in [3.05, 3.63) is 58.1 Å². The van der Waals surface area contributed by atoms with Crippen molar-refractivity contribution in [3.8, 4) is 17.6 Å². The Labute approximate surface area is 118 Å². The van der Waals surface area contributed by atoms with Gasteiger partial charge in [-0.3, -0.25) is 4.79 Å². The van der Waals surface area contributed by atoms with Gasteiger partial charge >= 0.3 is 0 Å². The van der Waals surface area contributed by atoms with E-state index in [-0.39, 0.29) is 0 Å². The van der Waals surface area contributed by atoms with E-state index in [2.05, 4.69) is 15.9 Å². The number of primary amides is 1. The third-order valence-corrected chi connectivity index (χ3v) is 2.84. The summed E-state index contributed by atoms with van der Waals surface area (Å²) in [6.45, 7) is 0. The highest BCUT2D eigenvalue weighted by Crippen LogP contribution is 2.28. The minimum absolute atomic E-state index is 0.293. The minimum Gasteiger partial charge on any atom is -0.456 e. The number of amides is 1. The molecular weight excluding hydrogens is 308 g/mol. The predicted molar refractivity (Wildman–Crippen MR) is 73.9 cm³/mol. The molecule has 0 aliphatic carbocycles. The Kier molecular flexibility index (Phi) is 3.83. The first-order valence-electron chi connectivity index (χ1n) is 5.37. The minimum atomic E-state index is -0.564. The fourth-order valence-electron chi connectivity index (χ4n) is 1.57. The van der Waals surface area contributed by atoms with Crippen LogP contribution < -0.4 is 10.5 Å². The zero-order valence-electron chi connectivity index (χ0n) is 9.76. The van der Waals surface area contributed by atoms with Gasteiger partial charge in [0.05, 0.1) is 17.2 Å². The van der Waals surface area contributed by atoms with Crippen molar-refractivity contribution in [2.24, 2.45) is 5.73 Å². The van der Waals surface area contributed by atoms with Crippen molar-refractivity contribution in [1.29, 1.82) is 5.26 Å². The molecule has 1 amide bonds. The Hall–Kier alpha value is -2.32. The van der Waals surface area contributed by atoms with Crippen molar-refractivity contribution in [2.75, 3.05) is 0 Å². The highest BCUT2D eigenvalue weighted by molar-refractivity contribution is 9.10. The van der Waals surface area contributed by atoms with Crippen LogP contribution in [0.1, 0.15) is 15.9 Å². The quantitative estimate of drug-likeness (QED) is 0.944. The second-order valence-electron chi connectivity index (χ2n) is 3.75. The molecule has 0 spiro atoms. The molecule has 0 heterocycles. The first kappa shape index (κ1) is 13.1. The van der Waals surface area contributed by atoms with Crippen LogP contribution in [-0.4, -0.2) is 5.91 Å². The maximum atomic E-state index is 11.3. The van der Waals surface area contributed by atoms with Gasteiger partial charge in [-0.1, -0.05) is 28.1 Å². The largest absolute Gasteiger partial charge is 0.456 e. The number of carbonyl (C=O) groups is 1. The van der Waals surface area contributed by atoms with E-state index in [9.17, 15) is 4.79 Å². The highest BCUT2D eigenvalue weighted by Gasteiger charge is 2.10. The van der Waals surface area contributed by atoms with Crippen LogP contribution in [0.2, 0.25) is 0 Å². The van der Waals surface area contributed by atoms with Gasteiger partial charge in [0.15, 0.2) is 0 Å². The van der Waals surface area contributed by atoms with Gasteiger partial charge in [0, 0.05) is 4.47 Å². The normalized spacial score (nSPS) is 9.68. The maximum Gasteiger partial charge on any atom is 0.252 e. The lowest BCUT2D eigenvalue weighted by molar-refractivity contribution is 0.0998. The molecule has 2 N–H and O–H groups in total. The van der Waals surface area contributed by atoms with Crippen LogP contribution in [0.5, 0.6) is 11.5 Å². The van der Waals surface area contributed by atoms with Gasteiger partial charge in [0.1, 0.15) is 11.5 Å². The number of ether oxygens (including phenoxy) is 1. The average Bonchev–Trinajstić information content (AvgIpc) is 2.38. The second kappa shape index (κ2) is 5.55. The summed E-state index contributed by atoms with van der Waals surface area (Å²) in [5.74, 6) is 0.253. The Balaban J connectivity index is 2.39. The summed E-state index contributed by atoms with van der Waals surface area (Å²) in [6.07, 6.45) is 0. The van der Waals surface area contributed by atoms with E-state index in [0.29, 0.717) is 22.6 Å². The predicted octanol–water partition coefficient (Wildman–Crippen LogP) is 3.21. The van der Waals surface area contributed by atoms with Crippen LogP contribution in [-0.2, 0) is 0 Å². The third kappa shape index (κ3) is 3.12. The molecule has 0 aromatic heterocycles. The van der Waals surface area contributed by atoms with E-state index in [1.54, 1.807) is 42.5 Å². The smallest absolute Gasteiger partial charge is 0.252 e.